The molecule has 1 atom stereocenters. The van der Waals surface area contributed by atoms with Gasteiger partial charge in [-0.3, -0.25) is 9.59 Å². The molecule has 2 aliphatic rings. The van der Waals surface area contributed by atoms with E-state index in [2.05, 4.69) is 20.4 Å². The summed E-state index contributed by atoms with van der Waals surface area (Å²) in [5.41, 5.74) is 0.233. The first kappa shape index (κ1) is 14.3. The van der Waals surface area contributed by atoms with Crippen LogP contribution in [0.5, 0.6) is 0 Å². The van der Waals surface area contributed by atoms with Crippen molar-refractivity contribution in [2.24, 2.45) is 0 Å². The fraction of sp³-hybridized carbons (Fsp3) is 0.538. The minimum atomic E-state index is -0.400. The molecule has 112 valence electrons. The lowest BCUT2D eigenvalue weighted by atomic mass is 10.2. The molecule has 8 heteroatoms. The first-order valence-corrected chi connectivity index (χ1v) is 7.86. The van der Waals surface area contributed by atoms with Crippen LogP contribution in [0.3, 0.4) is 0 Å². The Morgan fingerprint density at radius 1 is 1.33 bits per heavy atom. The zero-order chi connectivity index (χ0) is 14.7. The monoisotopic (exact) mass is 308 g/mol. The van der Waals surface area contributed by atoms with E-state index in [0.29, 0.717) is 19.6 Å². The number of ether oxygens (including phenoxy) is 1. The smallest absolute Gasteiger partial charge is 0.272 e. The van der Waals surface area contributed by atoms with E-state index < -0.39 is 6.04 Å². The third-order valence-electron chi connectivity index (χ3n) is 3.46. The van der Waals surface area contributed by atoms with Crippen LogP contribution in [0.2, 0.25) is 0 Å². The van der Waals surface area contributed by atoms with Crippen LogP contribution >= 0.6 is 11.8 Å². The first-order valence-electron chi connectivity index (χ1n) is 6.88. The fourth-order valence-electron chi connectivity index (χ4n) is 2.27. The van der Waals surface area contributed by atoms with Crippen LogP contribution in [0.4, 0.5) is 5.82 Å². The van der Waals surface area contributed by atoms with Crippen molar-refractivity contribution in [3.05, 3.63) is 17.8 Å². The fourth-order valence-corrected chi connectivity index (χ4v) is 3.20. The molecule has 1 aromatic heterocycles. The molecule has 2 aliphatic heterocycles. The van der Waals surface area contributed by atoms with Gasteiger partial charge in [-0.1, -0.05) is 11.8 Å². The summed E-state index contributed by atoms with van der Waals surface area (Å²) in [4.78, 5) is 25.6. The van der Waals surface area contributed by atoms with E-state index in [4.69, 9.17) is 4.74 Å². The molecule has 21 heavy (non-hydrogen) atoms. The molecule has 0 aromatic carbocycles. The van der Waals surface area contributed by atoms with Crippen molar-refractivity contribution in [1.82, 2.24) is 15.5 Å². The molecule has 3 heterocycles. The lowest BCUT2D eigenvalue weighted by Crippen LogP contribution is -2.38. The molecule has 0 saturated carbocycles. The van der Waals surface area contributed by atoms with Gasteiger partial charge < -0.3 is 15.0 Å². The van der Waals surface area contributed by atoms with Gasteiger partial charge >= 0.3 is 0 Å². The van der Waals surface area contributed by atoms with Crippen LogP contribution < -0.4 is 10.2 Å². The highest BCUT2D eigenvalue weighted by Crippen LogP contribution is 2.19. The van der Waals surface area contributed by atoms with Crippen molar-refractivity contribution >= 4 is 28.6 Å². The predicted molar refractivity (Wildman–Crippen MR) is 78.4 cm³/mol. The van der Waals surface area contributed by atoms with Crippen molar-refractivity contribution in [2.75, 3.05) is 37.0 Å². The molecular weight excluding hydrogens is 292 g/mol. The number of morpholine rings is 1. The number of rotatable bonds is 3. The second-order valence-corrected chi connectivity index (χ2v) is 5.96. The minimum Gasteiger partial charge on any atom is -0.378 e. The van der Waals surface area contributed by atoms with E-state index >= 15 is 0 Å². The summed E-state index contributed by atoms with van der Waals surface area (Å²) >= 11 is 1.26. The Kier molecular flexibility index (Phi) is 4.35. The normalized spacial score (nSPS) is 22.4. The number of aromatic nitrogens is 2. The van der Waals surface area contributed by atoms with E-state index in [1.54, 1.807) is 12.1 Å². The number of thioether (sulfide) groups is 1. The van der Waals surface area contributed by atoms with Gasteiger partial charge in [-0.2, -0.15) is 0 Å². The summed E-state index contributed by atoms with van der Waals surface area (Å²) in [7, 11) is 0. The molecule has 2 saturated heterocycles. The lowest BCUT2D eigenvalue weighted by molar-refractivity contribution is -0.112. The van der Waals surface area contributed by atoms with E-state index in [-0.39, 0.29) is 16.7 Å². The average molecular weight is 308 g/mol. The third-order valence-corrected chi connectivity index (χ3v) is 4.47. The molecule has 0 unspecified atom stereocenters. The van der Waals surface area contributed by atoms with Crippen LogP contribution in [0.15, 0.2) is 12.1 Å². The van der Waals surface area contributed by atoms with Gasteiger partial charge in [0.25, 0.3) is 5.91 Å². The highest BCUT2D eigenvalue weighted by Gasteiger charge is 2.27. The number of carbonyl (C=O) groups is 2. The van der Waals surface area contributed by atoms with Crippen LogP contribution in [0, 0.1) is 0 Å². The predicted octanol–water partition coefficient (Wildman–Crippen LogP) is 0.0751. The van der Waals surface area contributed by atoms with E-state index in [1.807, 2.05) is 0 Å². The SMILES string of the molecule is O=C(N[C@H]1CCSC1=O)c1ccc(N2CCOCC2)nn1. The van der Waals surface area contributed by atoms with Crippen molar-refractivity contribution < 1.29 is 14.3 Å². The highest BCUT2D eigenvalue weighted by atomic mass is 32.2. The van der Waals surface area contributed by atoms with Gasteiger partial charge in [0.2, 0.25) is 5.12 Å². The van der Waals surface area contributed by atoms with Gasteiger partial charge in [0.1, 0.15) is 0 Å². The van der Waals surface area contributed by atoms with Gasteiger partial charge in [-0.15, -0.1) is 10.2 Å². The quantitative estimate of drug-likeness (QED) is 0.846. The largest absolute Gasteiger partial charge is 0.378 e. The summed E-state index contributed by atoms with van der Waals surface area (Å²) in [5.74, 6) is 1.14. The average Bonchev–Trinajstić information content (AvgIpc) is 2.93. The maximum Gasteiger partial charge on any atom is 0.272 e. The van der Waals surface area contributed by atoms with Crippen molar-refractivity contribution in [1.29, 1.82) is 0 Å². The van der Waals surface area contributed by atoms with Crippen LogP contribution in [0.25, 0.3) is 0 Å². The molecule has 1 amide bonds. The molecule has 1 N–H and O–H groups in total. The highest BCUT2D eigenvalue weighted by molar-refractivity contribution is 8.14. The summed E-state index contributed by atoms with van der Waals surface area (Å²) in [6, 6.07) is 3.02. The Balaban J connectivity index is 1.63. The standard InChI is InChI=1S/C13H16N4O3S/c18-12(14-10-3-8-21-13(10)19)9-1-2-11(16-15-9)17-4-6-20-7-5-17/h1-2,10H,3-8H2,(H,14,18)/t10-/m0/s1. The maximum atomic E-state index is 12.0. The van der Waals surface area contributed by atoms with E-state index in [1.165, 1.54) is 11.8 Å². The number of hydrogen-bond acceptors (Lipinski definition) is 7. The van der Waals surface area contributed by atoms with Crippen molar-refractivity contribution in [3.63, 3.8) is 0 Å². The second-order valence-electron chi connectivity index (χ2n) is 4.86. The maximum absolute atomic E-state index is 12.0. The second kappa shape index (κ2) is 6.40. The third kappa shape index (κ3) is 3.33. The minimum absolute atomic E-state index is 0.0150. The first-order chi connectivity index (χ1) is 10.2. The lowest BCUT2D eigenvalue weighted by Gasteiger charge is -2.27. The molecule has 0 radical (unpaired) electrons. The molecule has 0 aliphatic carbocycles. The summed E-state index contributed by atoms with van der Waals surface area (Å²) in [6.45, 7) is 2.89. The molecule has 7 nitrogen and oxygen atoms in total. The molecule has 0 bridgehead atoms. The molecule has 1 aromatic rings. The number of amides is 1. The Morgan fingerprint density at radius 2 is 2.14 bits per heavy atom. The zero-order valence-corrected chi connectivity index (χ0v) is 12.3. The van der Waals surface area contributed by atoms with Crippen molar-refractivity contribution in [3.8, 4) is 0 Å². The Bertz CT molecular complexity index is 531. The Labute approximate surface area is 126 Å². The van der Waals surface area contributed by atoms with Gasteiger partial charge in [0.05, 0.1) is 19.3 Å². The molecule has 0 spiro atoms. The van der Waals surface area contributed by atoms with Crippen LogP contribution in [0.1, 0.15) is 16.9 Å². The number of hydrogen-bond donors (Lipinski definition) is 1. The summed E-state index contributed by atoms with van der Waals surface area (Å²) < 4.78 is 5.28. The van der Waals surface area contributed by atoms with E-state index in [9.17, 15) is 9.59 Å². The van der Waals surface area contributed by atoms with Crippen LogP contribution in [-0.4, -0.2) is 59.3 Å². The van der Waals surface area contributed by atoms with Crippen molar-refractivity contribution in [2.45, 2.75) is 12.5 Å². The van der Waals surface area contributed by atoms with E-state index in [0.717, 1.165) is 24.7 Å². The Morgan fingerprint density at radius 3 is 2.76 bits per heavy atom. The van der Waals surface area contributed by atoms with Gasteiger partial charge in [0, 0.05) is 18.8 Å². The number of nitrogens with zero attached hydrogens (tertiary/aromatic N) is 3. The summed E-state index contributed by atoms with van der Waals surface area (Å²) in [6.07, 6.45) is 0.675. The van der Waals surface area contributed by atoms with Gasteiger partial charge in [0.15, 0.2) is 11.5 Å². The molecule has 3 rings (SSSR count). The molecule has 2 fully saturated rings. The number of nitrogens with one attached hydrogen (secondary N) is 1. The number of anilines is 1. The number of carbonyl (C=O) groups excluding carboxylic acids is 2. The molecular formula is C13H16N4O3S. The van der Waals surface area contributed by atoms with Gasteiger partial charge in [-0.25, -0.2) is 0 Å². The van der Waals surface area contributed by atoms with Crippen LogP contribution in [-0.2, 0) is 9.53 Å². The Hall–Kier alpha value is -1.67. The zero-order valence-electron chi connectivity index (χ0n) is 11.4. The van der Waals surface area contributed by atoms with Gasteiger partial charge in [-0.05, 0) is 18.6 Å². The topological polar surface area (TPSA) is 84.4 Å². The summed E-state index contributed by atoms with van der Waals surface area (Å²) in [5, 5.41) is 10.8.